The Morgan fingerprint density at radius 1 is 1.03 bits per heavy atom. The number of amides is 2. The predicted octanol–water partition coefficient (Wildman–Crippen LogP) is 2.69. The van der Waals surface area contributed by atoms with Gasteiger partial charge >= 0.3 is 5.91 Å². The van der Waals surface area contributed by atoms with Crippen molar-refractivity contribution in [1.29, 1.82) is 0 Å². The lowest BCUT2D eigenvalue weighted by molar-refractivity contribution is -0.141. The zero-order chi connectivity index (χ0) is 19.9. The molecule has 2 aliphatic carbocycles. The smallest absolute Gasteiger partial charge is 0.309 e. The van der Waals surface area contributed by atoms with Gasteiger partial charge in [-0.3, -0.25) is 14.4 Å². The van der Waals surface area contributed by atoms with E-state index in [2.05, 4.69) is 15.8 Å². The molecule has 29 heavy (non-hydrogen) atoms. The van der Waals surface area contributed by atoms with Crippen LogP contribution in [0.2, 0.25) is 0 Å². The molecule has 1 atom stereocenters. The van der Waals surface area contributed by atoms with E-state index in [9.17, 15) is 14.4 Å². The van der Waals surface area contributed by atoms with Crippen molar-refractivity contribution in [2.75, 3.05) is 19.3 Å². The van der Waals surface area contributed by atoms with Gasteiger partial charge in [0, 0.05) is 25.3 Å². The predicted molar refractivity (Wildman–Crippen MR) is 118 cm³/mol. The third kappa shape index (κ3) is 6.60. The van der Waals surface area contributed by atoms with E-state index in [0.29, 0.717) is 5.17 Å². The second kappa shape index (κ2) is 11.8. The van der Waals surface area contributed by atoms with Crippen LogP contribution in [-0.4, -0.2) is 53.1 Å². The molecule has 0 aromatic heterocycles. The van der Waals surface area contributed by atoms with Crippen LogP contribution in [0.3, 0.4) is 0 Å². The number of carbonyl (C=O) groups excluding carboxylic acids is 3. The molecule has 164 valence electrons. The summed E-state index contributed by atoms with van der Waals surface area (Å²) in [6.45, 7) is 0.870. The Bertz CT molecular complexity index is 619. The molecule has 0 spiro atoms. The zero-order valence-electron chi connectivity index (χ0n) is 17.2. The molecule has 9 heteroatoms. The number of nitrogens with one attached hydrogen (secondary N) is 2. The maximum atomic E-state index is 12.9. The number of thioether (sulfide) groups is 1. The first-order chi connectivity index (χ1) is 13.6. The fraction of sp³-hybridized carbons (Fsp3) is 0.800. The van der Waals surface area contributed by atoms with Crippen LogP contribution >= 0.6 is 24.2 Å². The third-order valence-corrected chi connectivity index (χ3v) is 7.19. The SMILES string of the molecule is CN1CCSC1=NNC(=O)C(=O)C(NC(=O)C1CCCCC1)C1CCCCC1.Cl. The van der Waals surface area contributed by atoms with Gasteiger partial charge in [0.2, 0.25) is 11.7 Å². The van der Waals surface area contributed by atoms with E-state index >= 15 is 0 Å². The first-order valence-electron chi connectivity index (χ1n) is 10.6. The molecule has 3 rings (SSSR count). The molecule has 3 aliphatic rings. The molecule has 1 saturated heterocycles. The highest BCUT2D eigenvalue weighted by Crippen LogP contribution is 2.29. The Balaban J connectivity index is 0.00000300. The summed E-state index contributed by atoms with van der Waals surface area (Å²) in [7, 11) is 1.90. The monoisotopic (exact) mass is 444 g/mol. The van der Waals surface area contributed by atoms with Crippen LogP contribution in [0.1, 0.15) is 64.2 Å². The van der Waals surface area contributed by atoms with E-state index in [0.717, 1.165) is 70.1 Å². The molecule has 1 heterocycles. The molecular formula is C20H33ClN4O3S. The molecule has 1 unspecified atom stereocenters. The van der Waals surface area contributed by atoms with Gasteiger partial charge in [-0.1, -0.05) is 50.3 Å². The van der Waals surface area contributed by atoms with Crippen molar-refractivity contribution >= 4 is 46.9 Å². The van der Waals surface area contributed by atoms with Gasteiger partial charge < -0.3 is 10.2 Å². The van der Waals surface area contributed by atoms with Gasteiger partial charge in [0.05, 0.1) is 0 Å². The van der Waals surface area contributed by atoms with Gasteiger partial charge in [0.15, 0.2) is 5.17 Å². The Morgan fingerprint density at radius 3 is 2.24 bits per heavy atom. The van der Waals surface area contributed by atoms with Crippen molar-refractivity contribution in [3.05, 3.63) is 0 Å². The van der Waals surface area contributed by atoms with E-state index in [1.807, 2.05) is 11.9 Å². The highest BCUT2D eigenvalue weighted by molar-refractivity contribution is 8.14. The first-order valence-corrected chi connectivity index (χ1v) is 11.6. The number of Topliss-reactive ketones (excluding diaryl/α,β-unsaturated/α-hetero) is 1. The van der Waals surface area contributed by atoms with Gasteiger partial charge in [-0.2, -0.15) is 0 Å². The van der Waals surface area contributed by atoms with E-state index in [1.54, 1.807) is 11.8 Å². The molecule has 7 nitrogen and oxygen atoms in total. The molecule has 2 amide bonds. The van der Waals surface area contributed by atoms with Crippen LogP contribution in [0.15, 0.2) is 5.10 Å². The van der Waals surface area contributed by atoms with Gasteiger partial charge in [0.1, 0.15) is 6.04 Å². The minimum Gasteiger partial charge on any atom is -0.352 e. The van der Waals surface area contributed by atoms with Gasteiger partial charge in [0.25, 0.3) is 0 Å². The number of hydrogen-bond donors (Lipinski definition) is 2. The summed E-state index contributed by atoms with van der Waals surface area (Å²) in [5.41, 5.74) is 2.41. The third-order valence-electron chi connectivity index (χ3n) is 6.14. The van der Waals surface area contributed by atoms with Crippen molar-refractivity contribution in [3.63, 3.8) is 0 Å². The number of hydrogen-bond acceptors (Lipinski definition) is 5. The molecule has 3 fully saturated rings. The normalized spacial score (nSPS) is 23.3. The largest absolute Gasteiger partial charge is 0.352 e. The lowest BCUT2D eigenvalue weighted by atomic mass is 9.81. The Labute approximate surface area is 183 Å². The average molecular weight is 445 g/mol. The fourth-order valence-corrected chi connectivity index (χ4v) is 5.36. The quantitative estimate of drug-likeness (QED) is 0.485. The van der Waals surface area contributed by atoms with Gasteiger partial charge in [-0.05, 0) is 31.6 Å². The topological polar surface area (TPSA) is 90.9 Å². The Hall–Kier alpha value is -1.28. The van der Waals surface area contributed by atoms with E-state index in [4.69, 9.17) is 0 Å². The number of nitrogens with zero attached hydrogens (tertiary/aromatic N) is 2. The minimum absolute atomic E-state index is 0. The Morgan fingerprint density at radius 2 is 1.66 bits per heavy atom. The molecular weight excluding hydrogens is 412 g/mol. The highest BCUT2D eigenvalue weighted by atomic mass is 35.5. The second-order valence-corrected chi connectivity index (χ2v) is 9.25. The number of ketones is 1. The number of halogens is 1. The highest BCUT2D eigenvalue weighted by Gasteiger charge is 2.36. The summed E-state index contributed by atoms with van der Waals surface area (Å²) in [5, 5.41) is 7.76. The number of amidine groups is 1. The van der Waals surface area contributed by atoms with Crippen LogP contribution in [0.4, 0.5) is 0 Å². The molecule has 0 aromatic carbocycles. The molecule has 0 bridgehead atoms. The summed E-state index contributed by atoms with van der Waals surface area (Å²) in [6.07, 6.45) is 10.0. The van der Waals surface area contributed by atoms with Crippen molar-refractivity contribution in [2.24, 2.45) is 16.9 Å². The molecule has 2 saturated carbocycles. The number of rotatable bonds is 6. The number of hydrazone groups is 1. The number of carbonyl (C=O) groups is 3. The summed E-state index contributed by atoms with van der Waals surface area (Å²) in [5.74, 6) is -0.426. The van der Waals surface area contributed by atoms with E-state index in [1.165, 1.54) is 6.42 Å². The molecule has 2 N–H and O–H groups in total. The van der Waals surface area contributed by atoms with Gasteiger partial charge in [-0.15, -0.1) is 17.5 Å². The van der Waals surface area contributed by atoms with Crippen LogP contribution in [0.5, 0.6) is 0 Å². The minimum atomic E-state index is -0.733. The standard InChI is InChI=1S/C20H32N4O3S.ClH/c1-24-12-13-28-20(24)23-22-19(27)17(25)16(14-8-4-2-5-9-14)21-18(26)15-10-6-3-7-11-15;/h14-16H,2-13H2,1H3,(H,21,26)(H,22,27);1H. The van der Waals surface area contributed by atoms with Crippen LogP contribution < -0.4 is 10.7 Å². The summed E-state index contributed by atoms with van der Waals surface area (Å²) in [4.78, 5) is 40.1. The molecule has 0 radical (unpaired) electrons. The van der Waals surface area contributed by atoms with Crippen molar-refractivity contribution < 1.29 is 14.4 Å². The van der Waals surface area contributed by atoms with Crippen LogP contribution in [-0.2, 0) is 14.4 Å². The van der Waals surface area contributed by atoms with Crippen molar-refractivity contribution in [3.8, 4) is 0 Å². The lowest BCUT2D eigenvalue weighted by Crippen LogP contribution is -2.52. The van der Waals surface area contributed by atoms with Gasteiger partial charge in [-0.25, -0.2) is 5.43 Å². The van der Waals surface area contributed by atoms with Crippen LogP contribution in [0.25, 0.3) is 0 Å². The Kier molecular flexibility index (Phi) is 9.75. The van der Waals surface area contributed by atoms with Crippen LogP contribution in [0, 0.1) is 11.8 Å². The summed E-state index contributed by atoms with van der Waals surface area (Å²) < 4.78 is 0. The fourth-order valence-electron chi connectivity index (χ4n) is 4.39. The van der Waals surface area contributed by atoms with E-state index < -0.39 is 17.7 Å². The summed E-state index contributed by atoms with van der Waals surface area (Å²) in [6, 6.07) is -0.733. The summed E-state index contributed by atoms with van der Waals surface area (Å²) >= 11 is 1.55. The maximum Gasteiger partial charge on any atom is 0.309 e. The molecule has 1 aliphatic heterocycles. The maximum absolute atomic E-state index is 12.9. The van der Waals surface area contributed by atoms with E-state index in [-0.39, 0.29) is 30.2 Å². The lowest BCUT2D eigenvalue weighted by Gasteiger charge is -2.31. The zero-order valence-corrected chi connectivity index (χ0v) is 18.8. The van der Waals surface area contributed by atoms with Crippen molar-refractivity contribution in [2.45, 2.75) is 70.3 Å². The average Bonchev–Trinajstić information content (AvgIpc) is 3.15. The molecule has 0 aromatic rings. The van der Waals surface area contributed by atoms with Crippen molar-refractivity contribution in [1.82, 2.24) is 15.6 Å². The second-order valence-electron chi connectivity index (χ2n) is 8.19. The first kappa shape index (κ1) is 24.0.